The first-order valence-corrected chi connectivity index (χ1v) is 4.90. The molecule has 0 aliphatic heterocycles. The predicted octanol–water partition coefficient (Wildman–Crippen LogP) is 2.05. The lowest BCUT2D eigenvalue weighted by Crippen LogP contribution is -2.21. The van der Waals surface area contributed by atoms with Gasteiger partial charge in [-0.1, -0.05) is 13.8 Å². The van der Waals surface area contributed by atoms with E-state index in [0.717, 1.165) is 25.4 Å². The normalized spacial score (nSPS) is 13.8. The first-order chi connectivity index (χ1) is 5.66. The molecule has 0 amide bonds. The van der Waals surface area contributed by atoms with Crippen LogP contribution in [0.15, 0.2) is 0 Å². The average Bonchev–Trinajstić information content (AvgIpc) is 2.03. The summed E-state index contributed by atoms with van der Waals surface area (Å²) in [6, 6.07) is 0. The quantitative estimate of drug-likeness (QED) is 0.595. The number of rotatable bonds is 7. The van der Waals surface area contributed by atoms with E-state index in [1.165, 1.54) is 6.42 Å². The smallest absolute Gasteiger partial charge is 0.0543 e. The van der Waals surface area contributed by atoms with Crippen LogP contribution in [0.2, 0.25) is 0 Å². The highest BCUT2D eigenvalue weighted by atomic mass is 16.5. The molecule has 0 aromatic carbocycles. The highest BCUT2D eigenvalue weighted by molar-refractivity contribution is 4.54. The fraction of sp³-hybridized carbons (Fsp3) is 1.00. The standard InChI is InChI=1S/C10H23NO/c1-9(2)8-11-7-5-6-10(3)12-4/h9-11H,5-8H2,1-4H3. The second-order valence-corrected chi connectivity index (χ2v) is 3.79. The molecule has 74 valence electrons. The van der Waals surface area contributed by atoms with Crippen LogP contribution in [0.4, 0.5) is 0 Å². The highest BCUT2D eigenvalue weighted by Gasteiger charge is 1.98. The van der Waals surface area contributed by atoms with Crippen LogP contribution in [-0.4, -0.2) is 26.3 Å². The highest BCUT2D eigenvalue weighted by Crippen LogP contribution is 1.98. The molecule has 1 unspecified atom stereocenters. The van der Waals surface area contributed by atoms with Gasteiger partial charge < -0.3 is 10.1 Å². The molecule has 1 atom stereocenters. The van der Waals surface area contributed by atoms with Crippen LogP contribution in [0.5, 0.6) is 0 Å². The molecular weight excluding hydrogens is 150 g/mol. The minimum atomic E-state index is 0.408. The van der Waals surface area contributed by atoms with E-state index in [1.54, 1.807) is 7.11 Å². The fourth-order valence-corrected chi connectivity index (χ4v) is 1.02. The Balaban J connectivity index is 3.00. The number of methoxy groups -OCH3 is 1. The lowest BCUT2D eigenvalue weighted by Gasteiger charge is -2.10. The minimum absolute atomic E-state index is 0.408. The van der Waals surface area contributed by atoms with Gasteiger partial charge in [0.1, 0.15) is 0 Å². The molecular formula is C10H23NO. The summed E-state index contributed by atoms with van der Waals surface area (Å²) in [6.45, 7) is 8.81. The van der Waals surface area contributed by atoms with Crippen molar-refractivity contribution in [1.29, 1.82) is 0 Å². The molecule has 0 aromatic heterocycles. The molecule has 0 aromatic rings. The second-order valence-electron chi connectivity index (χ2n) is 3.79. The topological polar surface area (TPSA) is 21.3 Å². The van der Waals surface area contributed by atoms with Crippen LogP contribution >= 0.6 is 0 Å². The molecule has 0 fully saturated rings. The molecule has 0 aliphatic carbocycles. The first kappa shape index (κ1) is 11.9. The van der Waals surface area contributed by atoms with Crippen molar-refractivity contribution in [2.75, 3.05) is 20.2 Å². The molecule has 0 rings (SSSR count). The second kappa shape index (κ2) is 7.56. The third kappa shape index (κ3) is 8.02. The SMILES string of the molecule is COC(C)CCCNCC(C)C. The van der Waals surface area contributed by atoms with Crippen molar-refractivity contribution < 1.29 is 4.74 Å². The zero-order valence-corrected chi connectivity index (χ0v) is 8.89. The summed E-state index contributed by atoms with van der Waals surface area (Å²) in [5.41, 5.74) is 0. The monoisotopic (exact) mass is 173 g/mol. The molecule has 2 nitrogen and oxygen atoms in total. The number of hydrogen-bond acceptors (Lipinski definition) is 2. The number of nitrogens with one attached hydrogen (secondary N) is 1. The van der Waals surface area contributed by atoms with Crippen LogP contribution in [0.3, 0.4) is 0 Å². The Kier molecular flexibility index (Phi) is 7.51. The summed E-state index contributed by atoms with van der Waals surface area (Å²) in [6.07, 6.45) is 2.77. The van der Waals surface area contributed by atoms with E-state index in [9.17, 15) is 0 Å². The average molecular weight is 173 g/mol. The Morgan fingerprint density at radius 3 is 2.42 bits per heavy atom. The molecule has 0 aliphatic rings. The van der Waals surface area contributed by atoms with Gasteiger partial charge in [0.15, 0.2) is 0 Å². The maximum Gasteiger partial charge on any atom is 0.0543 e. The van der Waals surface area contributed by atoms with E-state index in [0.29, 0.717) is 6.10 Å². The van der Waals surface area contributed by atoms with Gasteiger partial charge in [0.05, 0.1) is 6.10 Å². The summed E-state index contributed by atoms with van der Waals surface area (Å²) in [5.74, 6) is 0.754. The van der Waals surface area contributed by atoms with Gasteiger partial charge in [-0.05, 0) is 38.8 Å². The van der Waals surface area contributed by atoms with Crippen LogP contribution in [0.25, 0.3) is 0 Å². The molecule has 0 saturated heterocycles. The molecule has 1 N–H and O–H groups in total. The van der Waals surface area contributed by atoms with E-state index in [-0.39, 0.29) is 0 Å². The van der Waals surface area contributed by atoms with E-state index >= 15 is 0 Å². The number of ether oxygens (including phenoxy) is 1. The van der Waals surface area contributed by atoms with Crippen molar-refractivity contribution in [3.63, 3.8) is 0 Å². The summed E-state index contributed by atoms with van der Waals surface area (Å²) in [4.78, 5) is 0. The summed E-state index contributed by atoms with van der Waals surface area (Å²) in [7, 11) is 1.77. The first-order valence-electron chi connectivity index (χ1n) is 4.90. The third-order valence-electron chi connectivity index (χ3n) is 1.92. The van der Waals surface area contributed by atoms with Gasteiger partial charge in [-0.3, -0.25) is 0 Å². The van der Waals surface area contributed by atoms with Gasteiger partial charge >= 0.3 is 0 Å². The van der Waals surface area contributed by atoms with E-state index in [2.05, 4.69) is 26.1 Å². The minimum Gasteiger partial charge on any atom is -0.382 e. The lowest BCUT2D eigenvalue weighted by molar-refractivity contribution is 0.109. The van der Waals surface area contributed by atoms with E-state index < -0.39 is 0 Å². The summed E-state index contributed by atoms with van der Waals surface area (Å²) in [5, 5.41) is 3.41. The zero-order chi connectivity index (χ0) is 9.40. The van der Waals surface area contributed by atoms with Crippen molar-refractivity contribution >= 4 is 0 Å². The largest absolute Gasteiger partial charge is 0.382 e. The van der Waals surface area contributed by atoms with Crippen molar-refractivity contribution in [3.8, 4) is 0 Å². The fourth-order valence-electron chi connectivity index (χ4n) is 1.02. The van der Waals surface area contributed by atoms with Gasteiger partial charge in [0.25, 0.3) is 0 Å². The Morgan fingerprint density at radius 1 is 1.25 bits per heavy atom. The van der Waals surface area contributed by atoms with Crippen LogP contribution in [-0.2, 0) is 4.74 Å². The molecule has 0 saturated carbocycles. The maximum atomic E-state index is 5.15. The van der Waals surface area contributed by atoms with Crippen LogP contribution < -0.4 is 5.32 Å². The molecule has 12 heavy (non-hydrogen) atoms. The molecule has 0 bridgehead atoms. The van der Waals surface area contributed by atoms with Crippen LogP contribution in [0, 0.1) is 5.92 Å². The van der Waals surface area contributed by atoms with Gasteiger partial charge in [0, 0.05) is 7.11 Å². The molecule has 2 heteroatoms. The van der Waals surface area contributed by atoms with E-state index in [1.807, 2.05) is 0 Å². The third-order valence-corrected chi connectivity index (χ3v) is 1.92. The Bertz CT molecular complexity index is 93.8. The number of hydrogen-bond donors (Lipinski definition) is 1. The molecule has 0 heterocycles. The Hall–Kier alpha value is -0.0800. The summed E-state index contributed by atoms with van der Waals surface area (Å²) >= 11 is 0. The molecule has 0 radical (unpaired) electrons. The van der Waals surface area contributed by atoms with Crippen molar-refractivity contribution in [2.24, 2.45) is 5.92 Å². The Morgan fingerprint density at radius 2 is 1.92 bits per heavy atom. The van der Waals surface area contributed by atoms with Gasteiger partial charge in [-0.15, -0.1) is 0 Å². The van der Waals surface area contributed by atoms with Crippen molar-refractivity contribution in [2.45, 2.75) is 39.7 Å². The summed E-state index contributed by atoms with van der Waals surface area (Å²) < 4.78 is 5.15. The Labute approximate surface area is 76.7 Å². The maximum absolute atomic E-state index is 5.15. The van der Waals surface area contributed by atoms with E-state index in [4.69, 9.17) is 4.74 Å². The zero-order valence-electron chi connectivity index (χ0n) is 8.89. The van der Waals surface area contributed by atoms with Gasteiger partial charge in [-0.2, -0.15) is 0 Å². The predicted molar refractivity (Wildman–Crippen MR) is 53.4 cm³/mol. The van der Waals surface area contributed by atoms with Gasteiger partial charge in [-0.25, -0.2) is 0 Å². The molecule has 0 spiro atoms. The van der Waals surface area contributed by atoms with Crippen molar-refractivity contribution in [1.82, 2.24) is 5.32 Å². The lowest BCUT2D eigenvalue weighted by atomic mass is 10.2. The van der Waals surface area contributed by atoms with Crippen molar-refractivity contribution in [3.05, 3.63) is 0 Å². The van der Waals surface area contributed by atoms with Gasteiger partial charge in [0.2, 0.25) is 0 Å². The van der Waals surface area contributed by atoms with Crippen LogP contribution in [0.1, 0.15) is 33.6 Å².